The molecule has 96 valence electrons. The predicted octanol–water partition coefficient (Wildman–Crippen LogP) is 3.51. The van der Waals surface area contributed by atoms with E-state index in [1.54, 1.807) is 12.5 Å². The van der Waals surface area contributed by atoms with Gasteiger partial charge in [0, 0.05) is 12.2 Å². The third kappa shape index (κ3) is 4.43. The second-order valence-electron chi connectivity index (χ2n) is 3.60. The lowest BCUT2D eigenvalue weighted by molar-refractivity contribution is 0.275. The highest BCUT2D eigenvalue weighted by molar-refractivity contribution is 6.93. The van der Waals surface area contributed by atoms with E-state index >= 15 is 0 Å². The molecule has 0 radical (unpaired) electrons. The number of hydrogen-bond acceptors (Lipinski definition) is 4. The summed E-state index contributed by atoms with van der Waals surface area (Å²) in [4.78, 5) is 13.2. The molecule has 0 fully saturated rings. The van der Waals surface area contributed by atoms with Crippen molar-refractivity contribution in [3.63, 3.8) is 0 Å². The average Bonchev–Trinajstić information content (AvgIpc) is 2.78. The smallest absolute Gasteiger partial charge is 0.310 e. The maximum Gasteiger partial charge on any atom is 0.313 e. The molecule has 0 aliphatic rings. The summed E-state index contributed by atoms with van der Waals surface area (Å²) in [6.45, 7) is 4.19. The molecule has 0 spiro atoms. The van der Waals surface area contributed by atoms with Gasteiger partial charge >= 0.3 is 4.70 Å². The number of rotatable bonds is 2. The predicted molar refractivity (Wildman–Crippen MR) is 70.7 cm³/mol. The van der Waals surface area contributed by atoms with E-state index in [1.165, 1.54) is 0 Å². The van der Waals surface area contributed by atoms with Crippen LogP contribution in [0.1, 0.15) is 19.9 Å². The maximum absolute atomic E-state index is 8.98. The second kappa shape index (κ2) is 7.08. The first-order valence-corrected chi connectivity index (χ1v) is 5.94. The van der Waals surface area contributed by atoms with Crippen molar-refractivity contribution in [3.8, 4) is 11.5 Å². The zero-order valence-corrected chi connectivity index (χ0v) is 11.4. The third-order valence-corrected chi connectivity index (χ3v) is 2.02. The van der Waals surface area contributed by atoms with Crippen molar-refractivity contribution in [1.29, 1.82) is 0 Å². The fourth-order valence-corrected chi connectivity index (χ4v) is 1.30. The molecule has 2 rings (SSSR count). The molecular formula is C11H12Cl2N4O. The highest BCUT2D eigenvalue weighted by Crippen LogP contribution is 2.16. The Labute approximate surface area is 115 Å². The zero-order chi connectivity index (χ0) is 13.5. The molecular weight excluding hydrogens is 275 g/mol. The van der Waals surface area contributed by atoms with Gasteiger partial charge in [-0.15, -0.1) is 10.2 Å². The number of carbonyl (C=O) groups excluding carboxylic acids is 1. The summed E-state index contributed by atoms with van der Waals surface area (Å²) in [7, 11) is 0. The SMILES string of the molecule is CC(C)n1cnnc1-c1ccccn1.O=C(Cl)Cl. The van der Waals surface area contributed by atoms with Crippen LogP contribution in [-0.4, -0.2) is 24.5 Å². The Hall–Kier alpha value is -1.46. The monoisotopic (exact) mass is 286 g/mol. The standard InChI is InChI=1S/C10H12N4.CCl2O/c1-8(2)14-7-12-13-10(14)9-5-3-4-6-11-9;2-1(3)4/h3-8H,1-2H3;. The number of hydrogen-bond donors (Lipinski definition) is 0. The highest BCUT2D eigenvalue weighted by Gasteiger charge is 2.09. The number of halogens is 2. The van der Waals surface area contributed by atoms with Crippen molar-refractivity contribution in [1.82, 2.24) is 19.7 Å². The molecule has 0 N–H and O–H groups in total. The first-order valence-electron chi connectivity index (χ1n) is 5.18. The summed E-state index contributed by atoms with van der Waals surface area (Å²) in [6, 6.07) is 6.12. The fraction of sp³-hybridized carbons (Fsp3) is 0.273. The summed E-state index contributed by atoms with van der Waals surface area (Å²) in [5.74, 6) is 0.820. The average molecular weight is 287 g/mol. The van der Waals surface area contributed by atoms with Crippen LogP contribution in [0, 0.1) is 0 Å². The quantitative estimate of drug-likeness (QED) is 0.793. The van der Waals surface area contributed by atoms with E-state index < -0.39 is 4.70 Å². The van der Waals surface area contributed by atoms with Gasteiger partial charge in [0.1, 0.15) is 12.0 Å². The second-order valence-corrected chi connectivity index (χ2v) is 4.48. The fourth-order valence-electron chi connectivity index (χ4n) is 1.30. The summed E-state index contributed by atoms with van der Waals surface area (Å²) in [6.07, 6.45) is 3.49. The minimum atomic E-state index is -0.889. The van der Waals surface area contributed by atoms with Gasteiger partial charge in [-0.05, 0) is 49.2 Å². The number of aromatic nitrogens is 4. The molecule has 2 aromatic rings. The number of carbonyl (C=O) groups is 1. The summed E-state index contributed by atoms with van der Waals surface area (Å²) in [5.41, 5.74) is 0.860. The van der Waals surface area contributed by atoms with Crippen molar-refractivity contribution < 1.29 is 4.79 Å². The molecule has 5 nitrogen and oxygen atoms in total. The van der Waals surface area contributed by atoms with E-state index in [4.69, 9.17) is 4.79 Å². The molecule has 18 heavy (non-hydrogen) atoms. The van der Waals surface area contributed by atoms with Gasteiger partial charge in [0.2, 0.25) is 0 Å². The van der Waals surface area contributed by atoms with Gasteiger partial charge in [-0.3, -0.25) is 9.78 Å². The molecule has 0 aromatic carbocycles. The molecule has 0 atom stereocenters. The minimum Gasteiger partial charge on any atom is -0.310 e. The van der Waals surface area contributed by atoms with E-state index in [0.717, 1.165) is 11.5 Å². The van der Waals surface area contributed by atoms with E-state index in [-0.39, 0.29) is 0 Å². The lowest BCUT2D eigenvalue weighted by Gasteiger charge is -2.08. The van der Waals surface area contributed by atoms with Crippen molar-refractivity contribution in [2.45, 2.75) is 19.9 Å². The molecule has 7 heteroatoms. The van der Waals surface area contributed by atoms with Gasteiger partial charge < -0.3 is 4.57 Å². The molecule has 2 aromatic heterocycles. The maximum atomic E-state index is 8.98. The minimum absolute atomic E-state index is 0.349. The van der Waals surface area contributed by atoms with Crippen LogP contribution in [0.5, 0.6) is 0 Å². The summed E-state index contributed by atoms with van der Waals surface area (Å²) >= 11 is 8.80. The van der Waals surface area contributed by atoms with E-state index in [1.807, 2.05) is 22.8 Å². The van der Waals surface area contributed by atoms with Crippen LogP contribution in [0.25, 0.3) is 11.5 Å². The van der Waals surface area contributed by atoms with Gasteiger partial charge in [-0.2, -0.15) is 0 Å². The van der Waals surface area contributed by atoms with Gasteiger partial charge in [-0.1, -0.05) is 6.07 Å². The molecule has 0 bridgehead atoms. The molecule has 0 aliphatic carbocycles. The normalized spacial score (nSPS) is 9.83. The van der Waals surface area contributed by atoms with Crippen LogP contribution in [-0.2, 0) is 0 Å². The topological polar surface area (TPSA) is 60.7 Å². The van der Waals surface area contributed by atoms with Crippen molar-refractivity contribution in [2.24, 2.45) is 0 Å². The lowest BCUT2D eigenvalue weighted by Crippen LogP contribution is -2.02. The number of nitrogens with zero attached hydrogens (tertiary/aromatic N) is 4. The summed E-state index contributed by atoms with van der Waals surface area (Å²) in [5, 5.41) is 7.95. The first-order chi connectivity index (χ1) is 8.52. The van der Waals surface area contributed by atoms with E-state index in [0.29, 0.717) is 6.04 Å². The summed E-state index contributed by atoms with van der Waals surface area (Å²) < 4.78 is 1.11. The van der Waals surface area contributed by atoms with Gasteiger partial charge in [0.05, 0.1) is 0 Å². The Balaban J connectivity index is 0.000000357. The van der Waals surface area contributed by atoms with Gasteiger partial charge in [0.15, 0.2) is 5.82 Å². The Bertz CT molecular complexity index is 495. The van der Waals surface area contributed by atoms with Crippen molar-refractivity contribution in [3.05, 3.63) is 30.7 Å². The first kappa shape index (κ1) is 14.6. The molecule has 2 heterocycles. The number of pyridine rings is 1. The van der Waals surface area contributed by atoms with Crippen LogP contribution in [0.4, 0.5) is 4.79 Å². The van der Waals surface area contributed by atoms with Crippen LogP contribution in [0.3, 0.4) is 0 Å². The van der Waals surface area contributed by atoms with Crippen LogP contribution in [0.2, 0.25) is 0 Å². The van der Waals surface area contributed by atoms with Gasteiger partial charge in [0.25, 0.3) is 0 Å². The molecule has 0 aliphatic heterocycles. The third-order valence-electron chi connectivity index (χ3n) is 2.02. The van der Waals surface area contributed by atoms with Crippen molar-refractivity contribution >= 4 is 27.9 Å². The van der Waals surface area contributed by atoms with Gasteiger partial charge in [-0.25, -0.2) is 0 Å². The zero-order valence-electron chi connectivity index (χ0n) is 9.92. The molecule has 0 saturated carbocycles. The Morgan fingerprint density at radius 3 is 2.50 bits per heavy atom. The Kier molecular flexibility index (Phi) is 5.74. The molecule has 0 unspecified atom stereocenters. The largest absolute Gasteiger partial charge is 0.313 e. The van der Waals surface area contributed by atoms with Crippen LogP contribution >= 0.6 is 23.2 Å². The van der Waals surface area contributed by atoms with Crippen LogP contribution in [0.15, 0.2) is 30.7 Å². The van der Waals surface area contributed by atoms with Crippen LogP contribution < -0.4 is 0 Å². The molecule has 0 saturated heterocycles. The van der Waals surface area contributed by atoms with E-state index in [9.17, 15) is 0 Å². The Morgan fingerprint density at radius 2 is 2.00 bits per heavy atom. The van der Waals surface area contributed by atoms with E-state index in [2.05, 4.69) is 52.2 Å². The van der Waals surface area contributed by atoms with Crippen molar-refractivity contribution in [2.75, 3.05) is 0 Å². The molecule has 0 amide bonds. The highest BCUT2D eigenvalue weighted by atomic mass is 35.5. The Morgan fingerprint density at radius 1 is 1.33 bits per heavy atom. The lowest BCUT2D eigenvalue weighted by atomic mass is 10.3.